The molecule has 0 atom stereocenters. The Balaban J connectivity index is 2.01. The number of carbonyl (C=O) groups is 1. The molecule has 0 saturated heterocycles. The average Bonchev–Trinajstić information content (AvgIpc) is 2.83. The summed E-state index contributed by atoms with van der Waals surface area (Å²) in [6.45, 7) is 5.94. The van der Waals surface area contributed by atoms with Gasteiger partial charge in [-0.25, -0.2) is 0 Å². The minimum atomic E-state index is -0.467. The van der Waals surface area contributed by atoms with Crippen LogP contribution < -0.4 is 10.1 Å². The van der Waals surface area contributed by atoms with E-state index in [-0.39, 0.29) is 5.91 Å². The third kappa shape index (κ3) is 5.66. The lowest BCUT2D eigenvalue weighted by Gasteiger charge is -2.26. The summed E-state index contributed by atoms with van der Waals surface area (Å²) in [7, 11) is 1.55. The van der Waals surface area contributed by atoms with Gasteiger partial charge in [-0.2, -0.15) is 5.26 Å². The fourth-order valence-corrected chi connectivity index (χ4v) is 3.95. The predicted molar refractivity (Wildman–Crippen MR) is 136 cm³/mol. The summed E-state index contributed by atoms with van der Waals surface area (Å²) in [6, 6.07) is 25.7. The van der Waals surface area contributed by atoms with Crippen molar-refractivity contribution >= 4 is 23.2 Å². The van der Waals surface area contributed by atoms with Crippen LogP contribution in [0.15, 0.2) is 83.4 Å². The van der Waals surface area contributed by atoms with E-state index in [1.807, 2.05) is 93.8 Å². The van der Waals surface area contributed by atoms with Crippen LogP contribution in [0.2, 0.25) is 0 Å². The number of nitrogens with one attached hydrogen (secondary N) is 1. The van der Waals surface area contributed by atoms with Crippen LogP contribution in [-0.2, 0) is 0 Å². The minimum absolute atomic E-state index is 0.307. The molecule has 1 N–H and O–H groups in total. The van der Waals surface area contributed by atoms with Gasteiger partial charge in [-0.3, -0.25) is 4.79 Å². The molecule has 5 heteroatoms. The van der Waals surface area contributed by atoms with Crippen molar-refractivity contribution in [1.82, 2.24) is 5.32 Å². The van der Waals surface area contributed by atoms with E-state index < -0.39 is 5.41 Å². The molecule has 168 valence electrons. The first-order valence-electron chi connectivity index (χ1n) is 10.6. The van der Waals surface area contributed by atoms with Crippen molar-refractivity contribution in [3.8, 4) is 22.9 Å². The molecule has 0 heterocycles. The number of methoxy groups -OCH3 is 1. The minimum Gasteiger partial charge on any atom is -0.496 e. The molecule has 1 amide bonds. The smallest absolute Gasteiger partial charge is 0.259 e. The third-order valence-corrected chi connectivity index (χ3v) is 6.01. The molecule has 0 unspecified atom stereocenters. The zero-order chi connectivity index (χ0) is 24.0. The highest BCUT2D eigenvalue weighted by Crippen LogP contribution is 2.33. The fraction of sp³-hybridized carbons (Fsp3) is 0.214. The number of rotatable bonds is 6. The van der Waals surface area contributed by atoms with Gasteiger partial charge in [-0.15, -0.1) is 11.8 Å². The van der Waals surface area contributed by atoms with Crippen LogP contribution in [-0.4, -0.2) is 19.3 Å². The Morgan fingerprint density at radius 2 is 1.61 bits per heavy atom. The molecule has 33 heavy (non-hydrogen) atoms. The van der Waals surface area contributed by atoms with Crippen LogP contribution in [0.5, 0.6) is 5.75 Å². The number of hydrogen-bond acceptors (Lipinski definition) is 4. The van der Waals surface area contributed by atoms with Gasteiger partial charge in [0.1, 0.15) is 11.8 Å². The molecule has 0 aliphatic heterocycles. The van der Waals surface area contributed by atoms with Crippen molar-refractivity contribution in [2.45, 2.75) is 25.7 Å². The van der Waals surface area contributed by atoms with Crippen molar-refractivity contribution in [1.29, 1.82) is 5.26 Å². The van der Waals surface area contributed by atoms with Gasteiger partial charge in [0.15, 0.2) is 0 Å². The maximum absolute atomic E-state index is 13.2. The highest BCUT2D eigenvalue weighted by atomic mass is 32.2. The monoisotopic (exact) mass is 456 g/mol. The Bertz CT molecular complexity index is 1200. The van der Waals surface area contributed by atoms with Crippen LogP contribution in [0.25, 0.3) is 16.7 Å². The van der Waals surface area contributed by atoms with Crippen molar-refractivity contribution < 1.29 is 9.53 Å². The zero-order valence-electron chi connectivity index (χ0n) is 19.6. The molecule has 0 aromatic heterocycles. The fourth-order valence-electron chi connectivity index (χ4n) is 3.52. The molecular formula is C28H28N2O2S. The molecule has 0 bridgehead atoms. The lowest BCUT2D eigenvalue weighted by molar-refractivity contribution is 0.0955. The Labute approximate surface area is 200 Å². The number of amides is 1. The maximum atomic E-state index is 13.2. The van der Waals surface area contributed by atoms with Crippen molar-refractivity contribution in [3.63, 3.8) is 0 Å². The largest absolute Gasteiger partial charge is 0.496 e. The second-order valence-corrected chi connectivity index (χ2v) is 9.46. The summed E-state index contributed by atoms with van der Waals surface area (Å²) >= 11 is 1.58. The number of benzene rings is 3. The molecule has 4 nitrogen and oxygen atoms in total. The van der Waals surface area contributed by atoms with Crippen LogP contribution in [0.1, 0.15) is 36.7 Å². The van der Waals surface area contributed by atoms with Gasteiger partial charge in [0.05, 0.1) is 18.2 Å². The first-order chi connectivity index (χ1) is 15.8. The highest BCUT2D eigenvalue weighted by molar-refractivity contribution is 7.98. The summed E-state index contributed by atoms with van der Waals surface area (Å²) < 4.78 is 5.45. The second kappa shape index (κ2) is 10.4. The number of nitrogens with zero attached hydrogens (tertiary/aromatic N) is 1. The highest BCUT2D eigenvalue weighted by Gasteiger charge is 2.26. The van der Waals surface area contributed by atoms with E-state index in [0.717, 1.165) is 21.6 Å². The summed E-state index contributed by atoms with van der Waals surface area (Å²) in [6.07, 6.45) is 1.97. The number of hydrogen-bond donors (Lipinski definition) is 1. The molecule has 3 rings (SSSR count). The molecule has 0 aliphatic carbocycles. The molecule has 3 aromatic carbocycles. The average molecular weight is 457 g/mol. The Hall–Kier alpha value is -3.49. The summed E-state index contributed by atoms with van der Waals surface area (Å²) in [5.74, 6) is 0.191. The summed E-state index contributed by atoms with van der Waals surface area (Å²) in [4.78, 5) is 14.2. The zero-order valence-corrected chi connectivity index (χ0v) is 20.4. The Morgan fingerprint density at radius 1 is 0.970 bits per heavy atom. The predicted octanol–water partition coefficient (Wildman–Crippen LogP) is 6.79. The first kappa shape index (κ1) is 24.2. The van der Waals surface area contributed by atoms with Gasteiger partial charge < -0.3 is 10.1 Å². The van der Waals surface area contributed by atoms with Gasteiger partial charge in [-0.1, -0.05) is 75.4 Å². The van der Waals surface area contributed by atoms with E-state index in [2.05, 4.69) is 11.4 Å². The van der Waals surface area contributed by atoms with Gasteiger partial charge >= 0.3 is 0 Å². The number of carbonyl (C=O) groups excluding carboxylic acids is 1. The molecule has 0 radical (unpaired) electrons. The molecular weight excluding hydrogens is 428 g/mol. The van der Waals surface area contributed by atoms with Crippen molar-refractivity contribution in [2.24, 2.45) is 5.41 Å². The Kier molecular flexibility index (Phi) is 7.63. The van der Waals surface area contributed by atoms with E-state index in [4.69, 9.17) is 4.74 Å². The first-order valence-corrected chi connectivity index (χ1v) is 11.8. The lowest BCUT2D eigenvalue weighted by Crippen LogP contribution is -2.31. The Morgan fingerprint density at radius 3 is 2.15 bits per heavy atom. The third-order valence-electron chi connectivity index (χ3n) is 5.28. The molecule has 0 fully saturated rings. The molecule has 0 aliphatic rings. The quantitative estimate of drug-likeness (QED) is 0.327. The van der Waals surface area contributed by atoms with E-state index in [9.17, 15) is 10.1 Å². The molecule has 0 spiro atoms. The standard InChI is InChI=1S/C28H28N2O2S/c1-28(2,3)26(30-27(31)23-16-15-22(33-5)17-25(23)32-4)24(18-29)21-13-11-20(12-14-21)19-9-7-6-8-10-19/h6-17H,1-5H3,(H,30,31). The van der Waals surface area contributed by atoms with E-state index in [1.54, 1.807) is 24.9 Å². The van der Waals surface area contributed by atoms with Crippen LogP contribution in [0, 0.1) is 16.7 Å². The van der Waals surface area contributed by atoms with Crippen LogP contribution >= 0.6 is 11.8 Å². The van der Waals surface area contributed by atoms with E-state index in [0.29, 0.717) is 22.6 Å². The molecule has 3 aromatic rings. The topological polar surface area (TPSA) is 62.1 Å². The van der Waals surface area contributed by atoms with Gasteiger partial charge in [0.2, 0.25) is 0 Å². The van der Waals surface area contributed by atoms with E-state index in [1.165, 1.54) is 0 Å². The number of ether oxygens (including phenoxy) is 1. The van der Waals surface area contributed by atoms with Gasteiger partial charge in [0.25, 0.3) is 5.91 Å². The molecule has 0 saturated carbocycles. The van der Waals surface area contributed by atoms with Gasteiger partial charge in [0, 0.05) is 16.0 Å². The van der Waals surface area contributed by atoms with Crippen molar-refractivity contribution in [3.05, 3.63) is 89.6 Å². The maximum Gasteiger partial charge on any atom is 0.259 e. The number of nitriles is 1. The summed E-state index contributed by atoms with van der Waals surface area (Å²) in [5, 5.41) is 13.1. The SMILES string of the molecule is COc1cc(SC)ccc1C(=O)NC(=C(C#N)c1ccc(-c2ccccc2)cc1)C(C)(C)C. The van der Waals surface area contributed by atoms with Crippen LogP contribution in [0.4, 0.5) is 0 Å². The normalized spacial score (nSPS) is 11.9. The lowest BCUT2D eigenvalue weighted by atomic mass is 9.86. The van der Waals surface area contributed by atoms with Crippen LogP contribution in [0.3, 0.4) is 0 Å². The van der Waals surface area contributed by atoms with Gasteiger partial charge in [-0.05, 0) is 41.1 Å². The number of allylic oxidation sites excluding steroid dienone is 2. The van der Waals surface area contributed by atoms with Crippen molar-refractivity contribution in [2.75, 3.05) is 13.4 Å². The van der Waals surface area contributed by atoms with E-state index >= 15 is 0 Å². The second-order valence-electron chi connectivity index (χ2n) is 8.58. The number of thioether (sulfide) groups is 1. The summed E-state index contributed by atoms with van der Waals surface area (Å²) in [5.41, 5.74) is 3.90.